The van der Waals surface area contributed by atoms with Crippen molar-refractivity contribution in [2.45, 2.75) is 31.8 Å². The molecule has 2 N–H and O–H groups in total. The Kier molecular flexibility index (Phi) is 3.39. The summed E-state index contributed by atoms with van der Waals surface area (Å²) in [7, 11) is 0. The van der Waals surface area contributed by atoms with E-state index in [1.807, 2.05) is 0 Å². The predicted molar refractivity (Wildman–Crippen MR) is 63.6 cm³/mol. The first-order chi connectivity index (χ1) is 7.27. The molecule has 1 saturated heterocycles. The van der Waals surface area contributed by atoms with Crippen molar-refractivity contribution in [2.75, 3.05) is 13.1 Å². The number of hydrogen-bond donors (Lipinski definition) is 1. The molecule has 1 heterocycles. The molecule has 1 fully saturated rings. The minimum absolute atomic E-state index is 0.366. The molecule has 1 aliphatic heterocycles. The first-order valence-electron chi connectivity index (χ1n) is 5.82. The normalized spacial score (nSPS) is 25.1. The minimum Gasteiger partial charge on any atom is -0.327 e. The molecular weight excluding hydrogens is 184 g/mol. The Hall–Kier alpha value is -0.860. The summed E-state index contributed by atoms with van der Waals surface area (Å²) in [4.78, 5) is 2.49. The zero-order chi connectivity index (χ0) is 10.7. The number of hydrogen-bond acceptors (Lipinski definition) is 2. The molecule has 1 aromatic rings. The van der Waals surface area contributed by atoms with Crippen LogP contribution in [-0.4, -0.2) is 24.0 Å². The molecule has 82 valence electrons. The summed E-state index contributed by atoms with van der Waals surface area (Å²) >= 11 is 0. The standard InChI is InChI=1S/C13H20N2/c1-11(12-6-3-2-4-7-12)15-9-5-8-13(14)10-15/h2-4,6-7,11,13H,5,8-10,14H2,1H3/t11?,13-/m1/s1. The van der Waals surface area contributed by atoms with Gasteiger partial charge >= 0.3 is 0 Å². The summed E-state index contributed by atoms with van der Waals surface area (Å²) in [6.07, 6.45) is 2.41. The van der Waals surface area contributed by atoms with Crippen molar-refractivity contribution in [3.63, 3.8) is 0 Å². The van der Waals surface area contributed by atoms with E-state index in [2.05, 4.69) is 42.2 Å². The second kappa shape index (κ2) is 4.77. The van der Waals surface area contributed by atoms with Crippen molar-refractivity contribution >= 4 is 0 Å². The van der Waals surface area contributed by atoms with E-state index in [1.54, 1.807) is 0 Å². The third-order valence-electron chi connectivity index (χ3n) is 3.32. The quantitative estimate of drug-likeness (QED) is 0.800. The molecule has 2 heteroatoms. The smallest absolute Gasteiger partial charge is 0.0320 e. The predicted octanol–water partition coefficient (Wildman–Crippen LogP) is 2.17. The van der Waals surface area contributed by atoms with Gasteiger partial charge in [-0.05, 0) is 31.9 Å². The van der Waals surface area contributed by atoms with Gasteiger partial charge in [0, 0.05) is 18.6 Å². The van der Waals surface area contributed by atoms with Crippen molar-refractivity contribution in [1.29, 1.82) is 0 Å². The van der Waals surface area contributed by atoms with Crippen LogP contribution in [0.5, 0.6) is 0 Å². The van der Waals surface area contributed by atoms with Crippen LogP contribution < -0.4 is 5.73 Å². The van der Waals surface area contributed by atoms with E-state index in [9.17, 15) is 0 Å². The third-order valence-corrected chi connectivity index (χ3v) is 3.32. The molecule has 15 heavy (non-hydrogen) atoms. The molecule has 0 spiro atoms. The van der Waals surface area contributed by atoms with Gasteiger partial charge in [-0.25, -0.2) is 0 Å². The molecule has 0 saturated carbocycles. The lowest BCUT2D eigenvalue weighted by Crippen LogP contribution is -2.43. The highest BCUT2D eigenvalue weighted by molar-refractivity contribution is 5.18. The molecule has 1 unspecified atom stereocenters. The van der Waals surface area contributed by atoms with Gasteiger partial charge in [0.25, 0.3) is 0 Å². The lowest BCUT2D eigenvalue weighted by atomic mass is 10.0. The highest BCUT2D eigenvalue weighted by atomic mass is 15.2. The van der Waals surface area contributed by atoms with Crippen LogP contribution in [0.3, 0.4) is 0 Å². The van der Waals surface area contributed by atoms with E-state index in [-0.39, 0.29) is 0 Å². The van der Waals surface area contributed by atoms with E-state index < -0.39 is 0 Å². The monoisotopic (exact) mass is 204 g/mol. The Labute approximate surface area is 92.1 Å². The number of piperidine rings is 1. The molecule has 0 aromatic heterocycles. The van der Waals surface area contributed by atoms with Crippen LogP contribution in [0.15, 0.2) is 30.3 Å². The van der Waals surface area contributed by atoms with Crippen LogP contribution in [0.4, 0.5) is 0 Å². The SMILES string of the molecule is CC(c1ccccc1)N1CCC[C@@H](N)C1. The van der Waals surface area contributed by atoms with Gasteiger partial charge in [0.2, 0.25) is 0 Å². The van der Waals surface area contributed by atoms with Crippen molar-refractivity contribution < 1.29 is 0 Å². The first kappa shape index (κ1) is 10.7. The fourth-order valence-corrected chi connectivity index (χ4v) is 2.33. The second-order valence-corrected chi connectivity index (χ2v) is 4.48. The molecule has 2 rings (SSSR count). The number of rotatable bonds is 2. The summed E-state index contributed by atoms with van der Waals surface area (Å²) in [5.41, 5.74) is 7.39. The van der Waals surface area contributed by atoms with Gasteiger partial charge in [0.05, 0.1) is 0 Å². The molecule has 0 bridgehead atoms. The molecule has 1 aromatic carbocycles. The van der Waals surface area contributed by atoms with Crippen molar-refractivity contribution in [2.24, 2.45) is 5.73 Å². The summed E-state index contributed by atoms with van der Waals surface area (Å²) in [6, 6.07) is 11.5. The Morgan fingerprint density at radius 1 is 1.33 bits per heavy atom. The summed E-state index contributed by atoms with van der Waals surface area (Å²) in [6.45, 7) is 4.49. The van der Waals surface area contributed by atoms with Gasteiger partial charge in [0.15, 0.2) is 0 Å². The van der Waals surface area contributed by atoms with Crippen LogP contribution in [-0.2, 0) is 0 Å². The summed E-state index contributed by atoms with van der Waals surface area (Å²) < 4.78 is 0. The molecule has 2 atom stereocenters. The van der Waals surface area contributed by atoms with Gasteiger partial charge in [-0.3, -0.25) is 4.90 Å². The van der Waals surface area contributed by atoms with Crippen LogP contribution in [0, 0.1) is 0 Å². The average molecular weight is 204 g/mol. The molecule has 0 aliphatic carbocycles. The molecule has 0 amide bonds. The van der Waals surface area contributed by atoms with Crippen LogP contribution >= 0.6 is 0 Å². The Bertz CT molecular complexity index is 297. The van der Waals surface area contributed by atoms with Crippen LogP contribution in [0.2, 0.25) is 0 Å². The first-order valence-corrected chi connectivity index (χ1v) is 5.82. The van der Waals surface area contributed by atoms with Gasteiger partial charge in [-0.15, -0.1) is 0 Å². The molecule has 1 aliphatic rings. The highest BCUT2D eigenvalue weighted by Crippen LogP contribution is 2.23. The van der Waals surface area contributed by atoms with E-state index in [0.29, 0.717) is 12.1 Å². The van der Waals surface area contributed by atoms with Gasteiger partial charge in [-0.2, -0.15) is 0 Å². The Morgan fingerprint density at radius 3 is 2.73 bits per heavy atom. The maximum absolute atomic E-state index is 6.00. The van der Waals surface area contributed by atoms with Crippen LogP contribution in [0.25, 0.3) is 0 Å². The third kappa shape index (κ3) is 2.58. The van der Waals surface area contributed by atoms with Crippen molar-refractivity contribution in [3.05, 3.63) is 35.9 Å². The van der Waals surface area contributed by atoms with E-state index in [0.717, 1.165) is 6.54 Å². The average Bonchev–Trinajstić information content (AvgIpc) is 2.29. The lowest BCUT2D eigenvalue weighted by molar-refractivity contribution is 0.159. The zero-order valence-electron chi connectivity index (χ0n) is 9.39. The van der Waals surface area contributed by atoms with Gasteiger partial charge < -0.3 is 5.73 Å². The van der Waals surface area contributed by atoms with Gasteiger partial charge in [-0.1, -0.05) is 30.3 Å². The second-order valence-electron chi connectivity index (χ2n) is 4.48. The highest BCUT2D eigenvalue weighted by Gasteiger charge is 2.21. The fourth-order valence-electron chi connectivity index (χ4n) is 2.33. The zero-order valence-corrected chi connectivity index (χ0v) is 9.39. The topological polar surface area (TPSA) is 29.3 Å². The summed E-state index contributed by atoms with van der Waals surface area (Å²) in [5.74, 6) is 0. The maximum Gasteiger partial charge on any atom is 0.0320 e. The number of benzene rings is 1. The van der Waals surface area contributed by atoms with Crippen LogP contribution in [0.1, 0.15) is 31.4 Å². The number of nitrogens with zero attached hydrogens (tertiary/aromatic N) is 1. The fraction of sp³-hybridized carbons (Fsp3) is 0.538. The van der Waals surface area contributed by atoms with E-state index in [1.165, 1.54) is 24.9 Å². The minimum atomic E-state index is 0.366. The van der Waals surface area contributed by atoms with E-state index in [4.69, 9.17) is 5.73 Å². The largest absolute Gasteiger partial charge is 0.327 e. The Balaban J connectivity index is 2.04. The molecular formula is C13H20N2. The van der Waals surface area contributed by atoms with E-state index >= 15 is 0 Å². The Morgan fingerprint density at radius 2 is 2.07 bits per heavy atom. The van der Waals surface area contributed by atoms with Crippen molar-refractivity contribution in [1.82, 2.24) is 4.90 Å². The number of nitrogens with two attached hydrogens (primary N) is 1. The maximum atomic E-state index is 6.00. The molecule has 0 radical (unpaired) electrons. The number of likely N-dealkylation sites (tertiary alicyclic amines) is 1. The van der Waals surface area contributed by atoms with Crippen molar-refractivity contribution in [3.8, 4) is 0 Å². The summed E-state index contributed by atoms with van der Waals surface area (Å²) in [5, 5.41) is 0. The lowest BCUT2D eigenvalue weighted by Gasteiger charge is -2.35. The molecule has 2 nitrogen and oxygen atoms in total. The van der Waals surface area contributed by atoms with Gasteiger partial charge in [0.1, 0.15) is 0 Å².